The second-order valence-corrected chi connectivity index (χ2v) is 6.12. The Labute approximate surface area is 134 Å². The lowest BCUT2D eigenvalue weighted by Crippen LogP contribution is -2.45. The van der Waals surface area contributed by atoms with Crippen molar-refractivity contribution in [2.45, 2.75) is 37.8 Å². The first-order valence-corrected chi connectivity index (χ1v) is 7.76. The van der Waals surface area contributed by atoms with Crippen LogP contribution in [0.3, 0.4) is 0 Å². The van der Waals surface area contributed by atoms with Gasteiger partial charge in [-0.3, -0.25) is 0 Å². The van der Waals surface area contributed by atoms with Gasteiger partial charge in [0.1, 0.15) is 6.61 Å². The van der Waals surface area contributed by atoms with Crippen molar-refractivity contribution in [3.8, 4) is 0 Å². The number of ether oxygens (including phenoxy) is 1. The number of halogens is 2. The monoisotopic (exact) mass is 331 g/mol. The number of anilines is 1. The van der Waals surface area contributed by atoms with Crippen LogP contribution < -0.4 is 4.90 Å². The summed E-state index contributed by atoms with van der Waals surface area (Å²) in [6, 6.07) is 5.66. The molecular formula is C15H19Cl2NO3. The highest BCUT2D eigenvalue weighted by Gasteiger charge is 2.30. The Bertz CT molecular complexity index is 510. The van der Waals surface area contributed by atoms with E-state index in [1.807, 2.05) is 19.2 Å². The number of hydrogen-bond acceptors (Lipinski definition) is 3. The summed E-state index contributed by atoms with van der Waals surface area (Å²) in [6.07, 6.45) is 3.96. The number of nitrogens with zero attached hydrogens (tertiary/aromatic N) is 1. The molecule has 1 fully saturated rings. The van der Waals surface area contributed by atoms with Crippen LogP contribution in [0.5, 0.6) is 0 Å². The summed E-state index contributed by atoms with van der Waals surface area (Å²) in [5.41, 5.74) is 0.959. The molecule has 1 aliphatic rings. The lowest BCUT2D eigenvalue weighted by molar-refractivity contribution is -0.145. The van der Waals surface area contributed by atoms with Crippen LogP contribution in [-0.2, 0) is 9.53 Å². The summed E-state index contributed by atoms with van der Waals surface area (Å²) in [5.74, 6) is -0.934. The van der Waals surface area contributed by atoms with Crippen LogP contribution in [-0.4, -0.2) is 36.9 Å². The second kappa shape index (κ2) is 7.34. The minimum atomic E-state index is -0.934. The van der Waals surface area contributed by atoms with Crippen molar-refractivity contribution in [1.29, 1.82) is 0 Å². The molecule has 0 aliphatic heterocycles. The third-order valence-corrected chi connectivity index (χ3v) is 4.64. The molecule has 0 spiro atoms. The lowest BCUT2D eigenvalue weighted by Gasteiger charge is -2.38. The summed E-state index contributed by atoms with van der Waals surface area (Å²) < 4.78 is 5.55. The Balaban J connectivity index is 2.11. The van der Waals surface area contributed by atoms with E-state index in [2.05, 4.69) is 4.90 Å². The van der Waals surface area contributed by atoms with Crippen molar-refractivity contribution >= 4 is 34.9 Å². The zero-order chi connectivity index (χ0) is 15.4. The predicted molar refractivity (Wildman–Crippen MR) is 84.5 cm³/mol. The van der Waals surface area contributed by atoms with Crippen LogP contribution in [0.2, 0.25) is 10.0 Å². The molecule has 6 heteroatoms. The number of hydrogen-bond donors (Lipinski definition) is 1. The first kappa shape index (κ1) is 16.4. The molecule has 1 aromatic rings. The molecule has 1 aromatic carbocycles. The van der Waals surface area contributed by atoms with Gasteiger partial charge in [0.2, 0.25) is 0 Å². The fourth-order valence-electron chi connectivity index (χ4n) is 2.79. The maximum atomic E-state index is 10.7. The quantitative estimate of drug-likeness (QED) is 0.890. The maximum Gasteiger partial charge on any atom is 0.329 e. The molecule has 0 heterocycles. The van der Waals surface area contributed by atoms with E-state index < -0.39 is 5.97 Å². The normalized spacial score (nSPS) is 22.0. The van der Waals surface area contributed by atoms with Gasteiger partial charge >= 0.3 is 5.97 Å². The largest absolute Gasteiger partial charge is 0.480 e. The van der Waals surface area contributed by atoms with E-state index in [4.69, 9.17) is 33.0 Å². The molecule has 4 nitrogen and oxygen atoms in total. The van der Waals surface area contributed by atoms with Gasteiger partial charge < -0.3 is 14.7 Å². The molecule has 2 rings (SSSR count). The molecule has 2 atom stereocenters. The number of carboxylic acid groups (broad SMARTS) is 1. The van der Waals surface area contributed by atoms with Crippen LogP contribution in [0, 0.1) is 0 Å². The molecule has 1 aliphatic carbocycles. The molecule has 116 valence electrons. The molecule has 0 saturated heterocycles. The number of rotatable bonds is 5. The average Bonchev–Trinajstić information content (AvgIpc) is 2.47. The topological polar surface area (TPSA) is 49.8 Å². The van der Waals surface area contributed by atoms with Gasteiger partial charge in [-0.15, -0.1) is 0 Å². The second-order valence-electron chi connectivity index (χ2n) is 5.30. The highest BCUT2D eigenvalue weighted by Crippen LogP contribution is 2.32. The van der Waals surface area contributed by atoms with Gasteiger partial charge in [-0.1, -0.05) is 36.0 Å². The van der Waals surface area contributed by atoms with Crippen molar-refractivity contribution in [1.82, 2.24) is 0 Å². The fraction of sp³-hybridized carbons (Fsp3) is 0.533. The SMILES string of the molecule is CN(c1ccc(Cl)c(Cl)c1)C1CCCCC1OCC(=O)O. The third kappa shape index (κ3) is 4.25. The van der Waals surface area contributed by atoms with E-state index in [1.165, 1.54) is 0 Å². The van der Waals surface area contributed by atoms with Crippen LogP contribution in [0.15, 0.2) is 18.2 Å². The van der Waals surface area contributed by atoms with Crippen LogP contribution >= 0.6 is 23.2 Å². The third-order valence-electron chi connectivity index (χ3n) is 3.90. The first-order valence-electron chi connectivity index (χ1n) is 7.00. The highest BCUT2D eigenvalue weighted by atomic mass is 35.5. The van der Waals surface area contributed by atoms with Gasteiger partial charge in [0, 0.05) is 12.7 Å². The Morgan fingerprint density at radius 1 is 1.33 bits per heavy atom. The Kier molecular flexibility index (Phi) is 5.73. The van der Waals surface area contributed by atoms with Crippen molar-refractivity contribution < 1.29 is 14.6 Å². The summed E-state index contributed by atoms with van der Waals surface area (Å²) in [5, 5.41) is 9.82. The van der Waals surface area contributed by atoms with Gasteiger partial charge in [0.25, 0.3) is 0 Å². The van der Waals surface area contributed by atoms with E-state index in [0.717, 1.165) is 31.4 Å². The van der Waals surface area contributed by atoms with Crippen LogP contribution in [0.1, 0.15) is 25.7 Å². The molecular weight excluding hydrogens is 313 g/mol. The highest BCUT2D eigenvalue weighted by molar-refractivity contribution is 6.42. The molecule has 21 heavy (non-hydrogen) atoms. The zero-order valence-electron chi connectivity index (χ0n) is 11.9. The Hall–Kier alpha value is -0.970. The molecule has 1 saturated carbocycles. The molecule has 1 N–H and O–H groups in total. The standard InChI is InChI=1S/C15H19Cl2NO3/c1-18(10-6-7-11(16)12(17)8-10)13-4-2-3-5-14(13)21-9-15(19)20/h6-8,13-14H,2-5,9H2,1H3,(H,19,20). The minimum absolute atomic E-state index is 0.0747. The molecule has 2 unspecified atom stereocenters. The Morgan fingerprint density at radius 2 is 2.05 bits per heavy atom. The summed E-state index contributed by atoms with van der Waals surface area (Å²) in [7, 11) is 1.98. The Morgan fingerprint density at radius 3 is 2.71 bits per heavy atom. The zero-order valence-corrected chi connectivity index (χ0v) is 13.4. The first-order chi connectivity index (χ1) is 9.99. The van der Waals surface area contributed by atoms with E-state index in [0.29, 0.717) is 10.0 Å². The molecule has 0 bridgehead atoms. The van der Waals surface area contributed by atoms with Gasteiger partial charge in [0.05, 0.1) is 22.2 Å². The minimum Gasteiger partial charge on any atom is -0.480 e. The number of aliphatic carboxylic acids is 1. The van der Waals surface area contributed by atoms with Gasteiger partial charge in [-0.25, -0.2) is 4.79 Å². The number of carboxylic acids is 1. The van der Waals surface area contributed by atoms with E-state index in [1.54, 1.807) is 6.07 Å². The van der Waals surface area contributed by atoms with Crippen LogP contribution in [0.25, 0.3) is 0 Å². The molecule has 0 amide bonds. The average molecular weight is 332 g/mol. The maximum absolute atomic E-state index is 10.7. The van der Waals surface area contributed by atoms with Gasteiger partial charge in [-0.2, -0.15) is 0 Å². The van der Waals surface area contributed by atoms with E-state index in [9.17, 15) is 4.79 Å². The van der Waals surface area contributed by atoms with Gasteiger partial charge in [-0.05, 0) is 31.0 Å². The number of carbonyl (C=O) groups is 1. The predicted octanol–water partition coefficient (Wildman–Crippen LogP) is 3.84. The summed E-state index contributed by atoms with van der Waals surface area (Å²) in [4.78, 5) is 12.8. The smallest absolute Gasteiger partial charge is 0.329 e. The van der Waals surface area contributed by atoms with Gasteiger partial charge in [0.15, 0.2) is 0 Å². The number of likely N-dealkylation sites (N-methyl/N-ethyl adjacent to an activating group) is 1. The number of benzene rings is 1. The fourth-order valence-corrected chi connectivity index (χ4v) is 3.08. The van der Waals surface area contributed by atoms with Crippen LogP contribution in [0.4, 0.5) is 5.69 Å². The molecule has 0 radical (unpaired) electrons. The molecule has 0 aromatic heterocycles. The summed E-state index contributed by atoms with van der Waals surface area (Å²) in [6.45, 7) is -0.254. The summed E-state index contributed by atoms with van der Waals surface area (Å²) >= 11 is 12.0. The van der Waals surface area contributed by atoms with E-state index in [-0.39, 0.29) is 18.8 Å². The van der Waals surface area contributed by atoms with E-state index >= 15 is 0 Å². The lowest BCUT2D eigenvalue weighted by atomic mass is 9.91. The van der Waals surface area contributed by atoms with Crippen molar-refractivity contribution in [3.63, 3.8) is 0 Å². The van der Waals surface area contributed by atoms with Crippen molar-refractivity contribution in [3.05, 3.63) is 28.2 Å². The van der Waals surface area contributed by atoms with Crippen molar-refractivity contribution in [2.75, 3.05) is 18.6 Å². The van der Waals surface area contributed by atoms with Crippen molar-refractivity contribution in [2.24, 2.45) is 0 Å².